The second-order valence-corrected chi connectivity index (χ2v) is 12.2. The van der Waals surface area contributed by atoms with E-state index < -0.39 is 36.6 Å². The Morgan fingerprint density at radius 3 is 2.70 bits per heavy atom. The van der Waals surface area contributed by atoms with Crippen LogP contribution in [-0.2, 0) is 19.0 Å². The summed E-state index contributed by atoms with van der Waals surface area (Å²) in [7, 11) is 0.554. The Labute approximate surface area is 251 Å². The molecule has 226 valence electrons. The van der Waals surface area contributed by atoms with Gasteiger partial charge in [-0.2, -0.15) is 0 Å². The third-order valence-electron chi connectivity index (χ3n) is 9.58. The number of hydrogen-bond donors (Lipinski definition) is 2. The van der Waals surface area contributed by atoms with Crippen LogP contribution in [0.1, 0.15) is 62.6 Å². The molecule has 3 fully saturated rings. The quantitative estimate of drug-likeness (QED) is 0.253. The van der Waals surface area contributed by atoms with E-state index in [0.29, 0.717) is 31.4 Å². The third kappa shape index (κ3) is 5.92. The van der Waals surface area contributed by atoms with Gasteiger partial charge in [-0.25, -0.2) is 4.39 Å². The SMILES string of the molecule is COCC1=C2[C@@H](CC/C(=C/c3ccc(O)c(F)c3)c3ccccn3)OB(O)C[C@@H]2[C@@H]2C(=O)N(C3CCCCC3)C(=O)[C@@H]2C1. The number of phenolic OH excluding ortho intramolecular Hbond substituents is 1. The summed E-state index contributed by atoms with van der Waals surface area (Å²) < 4.78 is 25.9. The molecule has 2 N–H and O–H groups in total. The van der Waals surface area contributed by atoms with Gasteiger partial charge in [0.25, 0.3) is 0 Å². The maximum atomic E-state index is 14.1. The highest BCUT2D eigenvalue weighted by molar-refractivity contribution is 6.43. The van der Waals surface area contributed by atoms with Gasteiger partial charge in [0.05, 0.1) is 30.2 Å². The fourth-order valence-electron chi connectivity index (χ4n) is 7.72. The molecule has 2 aliphatic carbocycles. The molecule has 0 radical (unpaired) electrons. The van der Waals surface area contributed by atoms with Crippen LogP contribution in [0.15, 0.2) is 53.7 Å². The van der Waals surface area contributed by atoms with E-state index in [-0.39, 0.29) is 30.1 Å². The molecular weight excluding hydrogens is 550 g/mol. The Hall–Kier alpha value is -3.34. The number of nitrogens with zero attached hydrogens (tertiary/aromatic N) is 2. The number of carbonyl (C=O) groups excluding carboxylic acids is 2. The van der Waals surface area contributed by atoms with E-state index >= 15 is 0 Å². The Morgan fingerprint density at radius 2 is 1.98 bits per heavy atom. The largest absolute Gasteiger partial charge is 0.505 e. The summed E-state index contributed by atoms with van der Waals surface area (Å²) in [5.74, 6) is -2.55. The number of allylic oxidation sites excluding steroid dienone is 1. The molecule has 2 aromatic rings. The average molecular weight is 588 g/mol. The number of benzene rings is 1. The van der Waals surface area contributed by atoms with E-state index in [1.54, 1.807) is 24.3 Å². The summed E-state index contributed by atoms with van der Waals surface area (Å²) in [5, 5.41) is 20.6. The first-order valence-corrected chi connectivity index (χ1v) is 15.4. The average Bonchev–Trinajstić information content (AvgIpc) is 3.26. The van der Waals surface area contributed by atoms with Crippen LogP contribution in [0.4, 0.5) is 4.39 Å². The molecule has 10 heteroatoms. The molecule has 0 spiro atoms. The summed E-state index contributed by atoms with van der Waals surface area (Å²) in [4.78, 5) is 33.7. The summed E-state index contributed by atoms with van der Waals surface area (Å²) in [6, 6.07) is 9.78. The van der Waals surface area contributed by atoms with Gasteiger partial charge in [0.2, 0.25) is 11.8 Å². The number of phenols is 1. The first-order valence-electron chi connectivity index (χ1n) is 15.4. The maximum Gasteiger partial charge on any atom is 0.455 e. The minimum absolute atomic E-state index is 0.0370. The van der Waals surface area contributed by atoms with Crippen LogP contribution in [0, 0.1) is 23.6 Å². The zero-order valence-electron chi connectivity index (χ0n) is 24.5. The van der Waals surface area contributed by atoms with Crippen LogP contribution in [0.5, 0.6) is 5.75 Å². The van der Waals surface area contributed by atoms with Crippen LogP contribution < -0.4 is 0 Å². The number of methoxy groups -OCH3 is 1. The number of rotatable bonds is 8. The Morgan fingerprint density at radius 1 is 1.16 bits per heavy atom. The molecule has 6 rings (SSSR count). The van der Waals surface area contributed by atoms with Crippen molar-refractivity contribution in [3.63, 3.8) is 0 Å². The number of hydrogen-bond acceptors (Lipinski definition) is 7. The fraction of sp³-hybridized carbons (Fsp3) is 0.485. The molecule has 3 heterocycles. The predicted molar refractivity (Wildman–Crippen MR) is 160 cm³/mol. The minimum atomic E-state index is -1.07. The second-order valence-electron chi connectivity index (χ2n) is 12.2. The minimum Gasteiger partial charge on any atom is -0.505 e. The van der Waals surface area contributed by atoms with Gasteiger partial charge in [-0.15, -0.1) is 0 Å². The Kier molecular flexibility index (Phi) is 8.79. The highest BCUT2D eigenvalue weighted by Crippen LogP contribution is 2.51. The van der Waals surface area contributed by atoms with Gasteiger partial charge in [0.1, 0.15) is 0 Å². The number of aromatic nitrogens is 1. The molecule has 0 bridgehead atoms. The number of pyridine rings is 1. The van der Waals surface area contributed by atoms with Gasteiger partial charge in [-0.1, -0.05) is 31.4 Å². The lowest BCUT2D eigenvalue weighted by molar-refractivity contribution is -0.143. The molecule has 1 aromatic heterocycles. The number of aromatic hydroxyl groups is 1. The van der Waals surface area contributed by atoms with Gasteiger partial charge >= 0.3 is 7.12 Å². The van der Waals surface area contributed by atoms with E-state index in [1.165, 1.54) is 12.1 Å². The van der Waals surface area contributed by atoms with Crippen molar-refractivity contribution in [2.75, 3.05) is 13.7 Å². The number of imide groups is 1. The van der Waals surface area contributed by atoms with Crippen LogP contribution in [0.3, 0.4) is 0 Å². The molecule has 43 heavy (non-hydrogen) atoms. The van der Waals surface area contributed by atoms with Crippen molar-refractivity contribution in [2.45, 2.75) is 69.8 Å². The molecule has 0 unspecified atom stereocenters. The summed E-state index contributed by atoms with van der Waals surface area (Å²) >= 11 is 0. The van der Waals surface area contributed by atoms with Crippen LogP contribution in [0.25, 0.3) is 11.6 Å². The lowest BCUT2D eigenvalue weighted by Crippen LogP contribution is -2.47. The smallest absolute Gasteiger partial charge is 0.455 e. The normalized spacial score (nSPS) is 26.6. The highest BCUT2D eigenvalue weighted by atomic mass is 19.1. The van der Waals surface area contributed by atoms with E-state index in [1.807, 2.05) is 24.3 Å². The van der Waals surface area contributed by atoms with Crippen molar-refractivity contribution >= 4 is 30.6 Å². The molecule has 1 saturated carbocycles. The van der Waals surface area contributed by atoms with Gasteiger partial charge in [-0.3, -0.25) is 19.5 Å². The highest BCUT2D eigenvalue weighted by Gasteiger charge is 2.58. The van der Waals surface area contributed by atoms with Crippen molar-refractivity contribution in [2.24, 2.45) is 17.8 Å². The number of amides is 2. The molecule has 2 aliphatic heterocycles. The van der Waals surface area contributed by atoms with Gasteiger partial charge in [0, 0.05) is 19.3 Å². The Bertz CT molecular complexity index is 1430. The Balaban J connectivity index is 1.31. The zero-order chi connectivity index (χ0) is 30.1. The van der Waals surface area contributed by atoms with Crippen molar-refractivity contribution in [1.29, 1.82) is 0 Å². The lowest BCUT2D eigenvalue weighted by atomic mass is 9.58. The number of ether oxygens (including phenoxy) is 1. The van der Waals surface area contributed by atoms with Crippen LogP contribution in [0.2, 0.25) is 6.32 Å². The van der Waals surface area contributed by atoms with Crippen LogP contribution >= 0.6 is 0 Å². The third-order valence-corrected chi connectivity index (χ3v) is 9.58. The maximum absolute atomic E-state index is 14.1. The molecular formula is C33H38BFN2O6. The van der Waals surface area contributed by atoms with E-state index in [0.717, 1.165) is 54.5 Å². The summed E-state index contributed by atoms with van der Waals surface area (Å²) in [6.07, 6.45) is 9.60. The van der Waals surface area contributed by atoms with Crippen molar-refractivity contribution in [1.82, 2.24) is 9.88 Å². The van der Waals surface area contributed by atoms with Gasteiger partial charge in [-0.05, 0) is 97.0 Å². The second kappa shape index (κ2) is 12.7. The molecule has 2 saturated heterocycles. The molecule has 2 amide bonds. The number of likely N-dealkylation sites (tertiary alicyclic amines) is 1. The van der Waals surface area contributed by atoms with Crippen molar-refractivity contribution in [3.05, 3.63) is 70.8 Å². The molecule has 8 nitrogen and oxygen atoms in total. The van der Waals surface area contributed by atoms with Crippen LogP contribution in [-0.4, -0.2) is 64.8 Å². The first kappa shape index (κ1) is 29.7. The molecule has 4 aliphatic rings. The molecule has 4 atom stereocenters. The van der Waals surface area contributed by atoms with Crippen molar-refractivity contribution in [3.8, 4) is 5.75 Å². The number of fused-ring (bicyclic) bond motifs is 3. The van der Waals surface area contributed by atoms with Gasteiger partial charge in [0.15, 0.2) is 11.6 Å². The molecule has 1 aromatic carbocycles. The standard InChI is InChI=1S/C33H38BFN2O6/c1-42-19-22-17-24-31(33(40)37(32(24)39)23-7-3-2-4-8-23)25-18-34(41)43-29(30(22)25)13-11-21(27-9-5-6-14-36-27)15-20-10-12-28(38)26(35)16-20/h5-6,9-10,12,14-16,23-25,29,31,38,41H,2-4,7-8,11,13,17-19H2,1H3/b21-15-/t24-,25+,29-,31-/m1/s1. The van der Waals surface area contributed by atoms with Crippen molar-refractivity contribution < 1.29 is 33.5 Å². The number of carbonyl (C=O) groups is 2. The van der Waals surface area contributed by atoms with E-state index in [4.69, 9.17) is 9.39 Å². The van der Waals surface area contributed by atoms with E-state index in [2.05, 4.69) is 4.98 Å². The lowest BCUT2D eigenvalue weighted by Gasteiger charge is -2.43. The summed E-state index contributed by atoms with van der Waals surface area (Å²) in [5.41, 5.74) is 4.08. The topological polar surface area (TPSA) is 109 Å². The zero-order valence-corrected chi connectivity index (χ0v) is 24.5. The summed E-state index contributed by atoms with van der Waals surface area (Å²) in [6.45, 7) is 0.325. The first-order chi connectivity index (χ1) is 20.9. The predicted octanol–water partition coefficient (Wildman–Crippen LogP) is 5.02. The number of halogens is 1. The fourth-order valence-corrected chi connectivity index (χ4v) is 7.72. The monoisotopic (exact) mass is 588 g/mol. The van der Waals surface area contributed by atoms with Gasteiger partial charge < -0.3 is 19.5 Å². The van der Waals surface area contributed by atoms with E-state index in [9.17, 15) is 24.1 Å².